The number of H-pyrrole nitrogens is 1. The minimum Gasteiger partial charge on any atom is -0.457 e. The number of hydrogen-bond donors (Lipinski definition) is 2. The Morgan fingerprint density at radius 1 is 1.09 bits per heavy atom. The molecule has 0 bridgehead atoms. The topological polar surface area (TPSA) is 93.2 Å². The van der Waals surface area contributed by atoms with E-state index in [1.807, 2.05) is 24.3 Å². The number of nitrogens with one attached hydrogen (secondary N) is 2. The predicted molar refractivity (Wildman–Crippen MR) is 133 cm³/mol. The average molecular weight is 466 g/mol. The van der Waals surface area contributed by atoms with Crippen LogP contribution in [0.3, 0.4) is 0 Å². The van der Waals surface area contributed by atoms with Gasteiger partial charge in [0, 0.05) is 41.6 Å². The molecule has 2 aromatic heterocycles. The summed E-state index contributed by atoms with van der Waals surface area (Å²) in [6, 6.07) is 14.9. The van der Waals surface area contributed by atoms with Gasteiger partial charge in [0.1, 0.15) is 17.0 Å². The van der Waals surface area contributed by atoms with E-state index in [1.165, 1.54) is 4.57 Å². The molecule has 0 unspecified atom stereocenters. The molecular formula is C25H27N3O4S. The molecule has 33 heavy (non-hydrogen) atoms. The number of hydrogen-bond acceptors (Lipinski definition) is 4. The van der Waals surface area contributed by atoms with Gasteiger partial charge in [0.2, 0.25) is 10.0 Å². The van der Waals surface area contributed by atoms with E-state index < -0.39 is 10.0 Å². The van der Waals surface area contributed by atoms with Crippen molar-refractivity contribution in [1.29, 1.82) is 0 Å². The molecule has 0 amide bonds. The Labute approximate surface area is 193 Å². The van der Waals surface area contributed by atoms with E-state index in [9.17, 15) is 13.2 Å². The number of pyridine rings is 1. The summed E-state index contributed by atoms with van der Waals surface area (Å²) in [5.74, 6) is 1.54. The van der Waals surface area contributed by atoms with Gasteiger partial charge >= 0.3 is 0 Å². The quantitative estimate of drug-likeness (QED) is 0.392. The van der Waals surface area contributed by atoms with Crippen LogP contribution in [0.15, 0.2) is 65.7 Å². The standard InChI is InChI=1S/C25H27N3O4S/c1-5-33(30,31)27-18-9-10-23(32-19-8-6-7-17(13-19)16(2)3)21(14-18)22-15-28(4)25(29)24-20(22)11-12-26-24/h6-16,26-27H,5H2,1-4H3. The number of anilines is 1. The van der Waals surface area contributed by atoms with Gasteiger partial charge in [0.05, 0.1) is 5.75 Å². The van der Waals surface area contributed by atoms with Crippen LogP contribution in [-0.2, 0) is 17.1 Å². The van der Waals surface area contributed by atoms with Crippen molar-refractivity contribution < 1.29 is 13.2 Å². The summed E-state index contributed by atoms with van der Waals surface area (Å²) < 4.78 is 34.7. The number of ether oxygens (including phenoxy) is 1. The third-order valence-corrected chi connectivity index (χ3v) is 6.88. The van der Waals surface area contributed by atoms with Crippen LogP contribution in [0.25, 0.3) is 22.0 Å². The second-order valence-corrected chi connectivity index (χ2v) is 10.3. The van der Waals surface area contributed by atoms with Gasteiger partial charge in [-0.2, -0.15) is 0 Å². The Hall–Kier alpha value is -3.52. The minimum atomic E-state index is -3.46. The van der Waals surface area contributed by atoms with Crippen LogP contribution in [0.5, 0.6) is 11.5 Å². The molecule has 0 fully saturated rings. The monoisotopic (exact) mass is 465 g/mol. The number of aryl methyl sites for hydroxylation is 1. The Kier molecular flexibility index (Phi) is 6.03. The summed E-state index contributed by atoms with van der Waals surface area (Å²) >= 11 is 0. The number of fused-ring (bicyclic) bond motifs is 1. The summed E-state index contributed by atoms with van der Waals surface area (Å²) in [6.07, 6.45) is 3.45. The molecule has 8 heteroatoms. The molecule has 2 aromatic carbocycles. The van der Waals surface area contributed by atoms with Crippen molar-refractivity contribution >= 4 is 26.6 Å². The van der Waals surface area contributed by atoms with Crippen LogP contribution in [0.2, 0.25) is 0 Å². The van der Waals surface area contributed by atoms with E-state index in [-0.39, 0.29) is 11.3 Å². The normalized spacial score (nSPS) is 11.8. The molecule has 172 valence electrons. The van der Waals surface area contributed by atoms with Gasteiger partial charge in [0.15, 0.2) is 0 Å². The summed E-state index contributed by atoms with van der Waals surface area (Å²) in [5, 5.41) is 0.731. The van der Waals surface area contributed by atoms with E-state index >= 15 is 0 Å². The molecule has 2 N–H and O–H groups in total. The summed E-state index contributed by atoms with van der Waals surface area (Å²) in [4.78, 5) is 15.6. The lowest BCUT2D eigenvalue weighted by molar-refractivity contribution is 0.483. The second-order valence-electron chi connectivity index (χ2n) is 8.27. The molecule has 0 saturated heterocycles. The third-order valence-electron chi connectivity index (χ3n) is 5.57. The van der Waals surface area contributed by atoms with Gasteiger partial charge in [0.25, 0.3) is 5.56 Å². The first-order chi connectivity index (χ1) is 15.7. The maximum atomic E-state index is 12.6. The highest BCUT2D eigenvalue weighted by Gasteiger charge is 2.17. The number of benzene rings is 2. The second kappa shape index (κ2) is 8.78. The SMILES string of the molecule is CCS(=O)(=O)Nc1ccc(Oc2cccc(C(C)C)c2)c(-c2cn(C)c(=O)c3[nH]ccc23)c1. The molecule has 0 saturated carbocycles. The van der Waals surface area contributed by atoms with Crippen molar-refractivity contribution in [3.8, 4) is 22.6 Å². The highest BCUT2D eigenvalue weighted by Crippen LogP contribution is 2.38. The average Bonchev–Trinajstić information content (AvgIpc) is 3.28. The fourth-order valence-electron chi connectivity index (χ4n) is 3.69. The van der Waals surface area contributed by atoms with Crippen molar-refractivity contribution in [2.24, 2.45) is 7.05 Å². The number of sulfonamides is 1. The fraction of sp³-hybridized carbons (Fsp3) is 0.240. The molecule has 4 aromatic rings. The van der Waals surface area contributed by atoms with E-state index in [2.05, 4.69) is 29.6 Å². The largest absolute Gasteiger partial charge is 0.457 e. The van der Waals surface area contributed by atoms with Gasteiger partial charge in [-0.25, -0.2) is 8.42 Å². The van der Waals surface area contributed by atoms with Gasteiger partial charge in [-0.05, 0) is 54.8 Å². The lowest BCUT2D eigenvalue weighted by atomic mass is 10.0. The van der Waals surface area contributed by atoms with Gasteiger partial charge in [-0.3, -0.25) is 9.52 Å². The lowest BCUT2D eigenvalue weighted by Crippen LogP contribution is -2.17. The first-order valence-electron chi connectivity index (χ1n) is 10.8. The first kappa shape index (κ1) is 22.7. The maximum Gasteiger partial charge on any atom is 0.274 e. The van der Waals surface area contributed by atoms with Crippen molar-refractivity contribution in [2.45, 2.75) is 26.7 Å². The highest BCUT2D eigenvalue weighted by molar-refractivity contribution is 7.92. The van der Waals surface area contributed by atoms with E-state index in [4.69, 9.17) is 4.74 Å². The molecule has 0 aliphatic heterocycles. The molecule has 0 spiro atoms. The summed E-state index contributed by atoms with van der Waals surface area (Å²) in [5.41, 5.74) is 3.32. The molecule has 0 aliphatic rings. The zero-order valence-corrected chi connectivity index (χ0v) is 19.9. The lowest BCUT2D eigenvalue weighted by Gasteiger charge is -2.16. The Balaban J connectivity index is 1.90. The maximum absolute atomic E-state index is 12.6. The van der Waals surface area contributed by atoms with Crippen LogP contribution in [0, 0.1) is 0 Å². The third kappa shape index (κ3) is 4.66. The fourth-order valence-corrected chi connectivity index (χ4v) is 4.32. The Morgan fingerprint density at radius 2 is 1.88 bits per heavy atom. The first-order valence-corrected chi connectivity index (χ1v) is 12.4. The number of aromatic nitrogens is 2. The van der Waals surface area contributed by atoms with Gasteiger partial charge in [-0.15, -0.1) is 0 Å². The highest BCUT2D eigenvalue weighted by atomic mass is 32.2. The van der Waals surface area contributed by atoms with E-state index in [1.54, 1.807) is 44.6 Å². The van der Waals surface area contributed by atoms with Crippen LogP contribution in [-0.4, -0.2) is 23.7 Å². The molecular weight excluding hydrogens is 438 g/mol. The molecule has 7 nitrogen and oxygen atoms in total. The summed E-state index contributed by atoms with van der Waals surface area (Å²) in [7, 11) is -1.77. The van der Waals surface area contributed by atoms with Crippen LogP contribution < -0.4 is 15.0 Å². The minimum absolute atomic E-state index is 0.0372. The molecule has 0 atom stereocenters. The summed E-state index contributed by atoms with van der Waals surface area (Å²) in [6.45, 7) is 5.82. The zero-order chi connectivity index (χ0) is 23.8. The van der Waals surface area contributed by atoms with Crippen molar-refractivity contribution in [1.82, 2.24) is 9.55 Å². The van der Waals surface area contributed by atoms with Crippen molar-refractivity contribution in [2.75, 3.05) is 10.5 Å². The van der Waals surface area contributed by atoms with Gasteiger partial charge in [-0.1, -0.05) is 26.0 Å². The van der Waals surface area contributed by atoms with E-state index in [0.29, 0.717) is 34.2 Å². The van der Waals surface area contributed by atoms with Crippen LogP contribution >= 0.6 is 0 Å². The number of rotatable bonds is 7. The van der Waals surface area contributed by atoms with Gasteiger partial charge < -0.3 is 14.3 Å². The molecule has 0 aliphatic carbocycles. The van der Waals surface area contributed by atoms with Crippen molar-refractivity contribution in [3.63, 3.8) is 0 Å². The molecule has 0 radical (unpaired) electrons. The van der Waals surface area contributed by atoms with Crippen LogP contribution in [0.1, 0.15) is 32.3 Å². The molecule has 2 heterocycles. The smallest absolute Gasteiger partial charge is 0.274 e. The predicted octanol–water partition coefficient (Wildman–Crippen LogP) is 5.21. The van der Waals surface area contributed by atoms with E-state index in [0.717, 1.165) is 16.5 Å². The Bertz CT molecular complexity index is 1480. The number of aromatic amines is 1. The Morgan fingerprint density at radius 3 is 2.61 bits per heavy atom. The zero-order valence-electron chi connectivity index (χ0n) is 19.0. The van der Waals surface area contributed by atoms with Crippen LogP contribution in [0.4, 0.5) is 5.69 Å². The molecule has 4 rings (SSSR count). The number of nitrogens with zero attached hydrogens (tertiary/aromatic N) is 1. The van der Waals surface area contributed by atoms with Crippen molar-refractivity contribution in [3.05, 3.63) is 76.8 Å².